The van der Waals surface area contributed by atoms with E-state index in [0.29, 0.717) is 6.61 Å². The van der Waals surface area contributed by atoms with Crippen LogP contribution in [0.1, 0.15) is 32.0 Å². The number of H-pyrrole nitrogens is 1. The second-order valence-corrected chi connectivity index (χ2v) is 3.24. The lowest BCUT2D eigenvalue weighted by Crippen LogP contribution is -2.36. The molecule has 1 aromatic heterocycles. The topological polar surface area (TPSA) is 28.9 Å². The molecule has 0 aliphatic heterocycles. The smallest absolute Gasteiger partial charge is 0.280 e. The standard InChI is InChI=1S/C10H18N2O/c1-3-4-5-7-12-8-6-11-10(12)9-13-2/h6,8H,3-5,7,9H2,1-2H3/p+1. The van der Waals surface area contributed by atoms with Crippen LogP contribution in [0, 0.1) is 0 Å². The first kappa shape index (κ1) is 10.3. The Morgan fingerprint density at radius 1 is 1.46 bits per heavy atom. The SMILES string of the molecule is CCCCC[n+]1cc[nH]c1COC. The summed E-state index contributed by atoms with van der Waals surface area (Å²) in [6, 6.07) is 0. The van der Waals surface area contributed by atoms with Gasteiger partial charge in [0, 0.05) is 7.11 Å². The molecule has 3 heteroatoms. The monoisotopic (exact) mass is 183 g/mol. The third-order valence-corrected chi connectivity index (χ3v) is 2.13. The van der Waals surface area contributed by atoms with Crippen molar-refractivity contribution in [2.45, 2.75) is 39.3 Å². The lowest BCUT2D eigenvalue weighted by atomic mass is 10.2. The number of rotatable bonds is 6. The molecular weight excluding hydrogens is 164 g/mol. The van der Waals surface area contributed by atoms with Gasteiger partial charge in [0.2, 0.25) is 0 Å². The minimum Gasteiger partial charge on any atom is -0.372 e. The lowest BCUT2D eigenvalue weighted by Gasteiger charge is -1.99. The predicted octanol–water partition coefficient (Wildman–Crippen LogP) is 1.64. The first-order valence-electron chi connectivity index (χ1n) is 4.93. The number of aromatic nitrogens is 2. The van der Waals surface area contributed by atoms with Crippen molar-refractivity contribution in [3.63, 3.8) is 0 Å². The summed E-state index contributed by atoms with van der Waals surface area (Å²) < 4.78 is 7.30. The zero-order chi connectivity index (χ0) is 9.52. The molecule has 13 heavy (non-hydrogen) atoms. The molecule has 0 bridgehead atoms. The molecule has 1 rings (SSSR count). The third-order valence-electron chi connectivity index (χ3n) is 2.13. The Morgan fingerprint density at radius 2 is 2.31 bits per heavy atom. The molecule has 0 saturated carbocycles. The van der Waals surface area contributed by atoms with E-state index in [1.165, 1.54) is 19.3 Å². The summed E-state index contributed by atoms with van der Waals surface area (Å²) in [5, 5.41) is 0. The summed E-state index contributed by atoms with van der Waals surface area (Å²) in [6.07, 6.45) is 7.84. The molecule has 1 heterocycles. The van der Waals surface area contributed by atoms with E-state index >= 15 is 0 Å². The second-order valence-electron chi connectivity index (χ2n) is 3.24. The molecule has 0 amide bonds. The van der Waals surface area contributed by atoms with Gasteiger partial charge in [0.05, 0.1) is 6.54 Å². The van der Waals surface area contributed by atoms with Crippen molar-refractivity contribution in [2.75, 3.05) is 7.11 Å². The van der Waals surface area contributed by atoms with Crippen molar-refractivity contribution in [3.8, 4) is 0 Å². The van der Waals surface area contributed by atoms with Crippen LogP contribution in [0.15, 0.2) is 12.4 Å². The Balaban J connectivity index is 2.40. The number of methoxy groups -OCH3 is 1. The number of imidazole rings is 1. The largest absolute Gasteiger partial charge is 0.372 e. The molecule has 1 aromatic rings. The van der Waals surface area contributed by atoms with Crippen LogP contribution in [-0.2, 0) is 17.9 Å². The van der Waals surface area contributed by atoms with Crippen LogP contribution in [0.4, 0.5) is 0 Å². The van der Waals surface area contributed by atoms with Crippen molar-refractivity contribution >= 4 is 0 Å². The van der Waals surface area contributed by atoms with Gasteiger partial charge in [-0.25, -0.2) is 9.55 Å². The number of aromatic amines is 1. The predicted molar refractivity (Wildman–Crippen MR) is 51.2 cm³/mol. The van der Waals surface area contributed by atoms with E-state index in [9.17, 15) is 0 Å². The van der Waals surface area contributed by atoms with E-state index in [1.54, 1.807) is 7.11 Å². The van der Waals surface area contributed by atoms with E-state index in [1.807, 2.05) is 6.20 Å². The number of hydrogen-bond donors (Lipinski definition) is 1. The molecule has 0 spiro atoms. The van der Waals surface area contributed by atoms with Crippen LogP contribution < -0.4 is 4.57 Å². The van der Waals surface area contributed by atoms with Gasteiger partial charge in [-0.2, -0.15) is 0 Å². The minimum atomic E-state index is 0.666. The van der Waals surface area contributed by atoms with E-state index in [0.717, 1.165) is 12.4 Å². The molecule has 3 nitrogen and oxygen atoms in total. The van der Waals surface area contributed by atoms with E-state index in [2.05, 4.69) is 22.7 Å². The van der Waals surface area contributed by atoms with Gasteiger partial charge in [-0.05, 0) is 12.8 Å². The van der Waals surface area contributed by atoms with Gasteiger partial charge in [0.25, 0.3) is 5.82 Å². The van der Waals surface area contributed by atoms with E-state index in [-0.39, 0.29) is 0 Å². The van der Waals surface area contributed by atoms with Crippen molar-refractivity contribution in [1.82, 2.24) is 4.98 Å². The van der Waals surface area contributed by atoms with Gasteiger partial charge in [0.15, 0.2) is 0 Å². The fraction of sp³-hybridized carbons (Fsp3) is 0.700. The Morgan fingerprint density at radius 3 is 3.00 bits per heavy atom. The van der Waals surface area contributed by atoms with Crippen LogP contribution in [0.2, 0.25) is 0 Å². The summed E-state index contributed by atoms with van der Waals surface area (Å²) in [6.45, 7) is 3.98. The number of hydrogen-bond acceptors (Lipinski definition) is 1. The summed E-state index contributed by atoms with van der Waals surface area (Å²) in [4.78, 5) is 3.17. The van der Waals surface area contributed by atoms with Crippen molar-refractivity contribution in [1.29, 1.82) is 0 Å². The molecule has 74 valence electrons. The molecule has 0 fully saturated rings. The molecule has 0 unspecified atom stereocenters. The van der Waals surface area contributed by atoms with E-state index < -0.39 is 0 Å². The summed E-state index contributed by atoms with van der Waals surface area (Å²) in [7, 11) is 1.72. The third kappa shape index (κ3) is 3.19. The number of aryl methyl sites for hydroxylation is 1. The highest BCUT2D eigenvalue weighted by molar-refractivity contribution is 4.73. The van der Waals surface area contributed by atoms with Crippen molar-refractivity contribution < 1.29 is 9.30 Å². The fourth-order valence-corrected chi connectivity index (χ4v) is 1.40. The first-order chi connectivity index (χ1) is 6.38. The maximum absolute atomic E-state index is 5.08. The zero-order valence-electron chi connectivity index (χ0n) is 8.55. The molecule has 0 saturated heterocycles. The maximum Gasteiger partial charge on any atom is 0.280 e. The highest BCUT2D eigenvalue weighted by Crippen LogP contribution is 1.95. The highest BCUT2D eigenvalue weighted by atomic mass is 16.5. The van der Waals surface area contributed by atoms with Crippen LogP contribution in [0.25, 0.3) is 0 Å². The Bertz CT molecular complexity index is 233. The molecule has 0 aliphatic carbocycles. The van der Waals surface area contributed by atoms with Gasteiger partial charge in [0.1, 0.15) is 19.0 Å². The van der Waals surface area contributed by atoms with Gasteiger partial charge >= 0.3 is 0 Å². The van der Waals surface area contributed by atoms with Gasteiger partial charge in [-0.15, -0.1) is 0 Å². The Hall–Kier alpha value is -0.830. The molecule has 0 aromatic carbocycles. The number of nitrogens with zero attached hydrogens (tertiary/aromatic N) is 1. The van der Waals surface area contributed by atoms with Gasteiger partial charge in [-0.1, -0.05) is 13.3 Å². The second kappa shape index (κ2) is 5.75. The normalized spacial score (nSPS) is 10.6. The Labute approximate surface area is 79.7 Å². The highest BCUT2D eigenvalue weighted by Gasteiger charge is 2.08. The van der Waals surface area contributed by atoms with Gasteiger partial charge in [-0.3, -0.25) is 0 Å². The number of unbranched alkanes of at least 4 members (excludes halogenated alkanes) is 2. The quantitative estimate of drug-likeness (QED) is 0.527. The molecule has 0 aliphatic rings. The molecular formula is C10H19N2O+. The maximum atomic E-state index is 5.08. The summed E-state index contributed by atoms with van der Waals surface area (Å²) in [5.41, 5.74) is 0. The molecule has 0 atom stereocenters. The first-order valence-corrected chi connectivity index (χ1v) is 4.93. The van der Waals surface area contributed by atoms with Crippen LogP contribution >= 0.6 is 0 Å². The fourth-order valence-electron chi connectivity index (χ4n) is 1.40. The van der Waals surface area contributed by atoms with Gasteiger partial charge < -0.3 is 4.74 Å². The average molecular weight is 183 g/mol. The number of nitrogens with one attached hydrogen (secondary N) is 1. The zero-order valence-corrected chi connectivity index (χ0v) is 8.55. The summed E-state index contributed by atoms with van der Waals surface area (Å²) >= 11 is 0. The molecule has 0 radical (unpaired) electrons. The minimum absolute atomic E-state index is 0.666. The van der Waals surface area contributed by atoms with Crippen molar-refractivity contribution in [2.24, 2.45) is 0 Å². The molecule has 1 N–H and O–H groups in total. The van der Waals surface area contributed by atoms with Crippen LogP contribution in [0.3, 0.4) is 0 Å². The summed E-state index contributed by atoms with van der Waals surface area (Å²) in [5.74, 6) is 1.15. The lowest BCUT2D eigenvalue weighted by molar-refractivity contribution is -0.705. The van der Waals surface area contributed by atoms with Crippen LogP contribution in [-0.4, -0.2) is 12.1 Å². The van der Waals surface area contributed by atoms with Crippen LogP contribution in [0.5, 0.6) is 0 Å². The number of ether oxygens (including phenoxy) is 1. The Kier molecular flexibility index (Phi) is 4.54. The average Bonchev–Trinajstić information content (AvgIpc) is 2.54. The van der Waals surface area contributed by atoms with E-state index in [4.69, 9.17) is 4.74 Å². The van der Waals surface area contributed by atoms with Crippen molar-refractivity contribution in [3.05, 3.63) is 18.2 Å².